The summed E-state index contributed by atoms with van der Waals surface area (Å²) in [5.41, 5.74) is -1.76. The van der Waals surface area contributed by atoms with Gasteiger partial charge in [-0.3, -0.25) is 14.9 Å². The van der Waals surface area contributed by atoms with E-state index in [0.29, 0.717) is 32.0 Å². The molecule has 0 spiro atoms. The number of hydrogen-bond donors (Lipinski definition) is 1. The number of anilines is 1. The molecule has 1 aliphatic carbocycles. The number of nitrogens with zero attached hydrogens (tertiary/aromatic N) is 2. The van der Waals surface area contributed by atoms with Gasteiger partial charge in [-0.15, -0.1) is 0 Å². The SMILES string of the molecule is O=C(NC1CCN(c2cc(Cl)c(C(F)(F)F)cc2[N+](=O)[O-])CC1)C1CCCCC1. The zero-order chi connectivity index (χ0) is 21.2. The standard InChI is InChI=1S/C19H23ClF3N3O3/c20-15-11-16(17(26(28)29)10-14(15)19(21,22)23)25-8-6-13(7-9-25)24-18(27)12-4-2-1-3-5-12/h10-13H,1-9H2,(H,24,27). The highest BCUT2D eigenvalue weighted by atomic mass is 35.5. The molecule has 2 fully saturated rings. The van der Waals surface area contributed by atoms with Crippen LogP contribution in [0.4, 0.5) is 24.5 Å². The predicted molar refractivity (Wildman–Crippen MR) is 103 cm³/mol. The van der Waals surface area contributed by atoms with E-state index < -0.39 is 27.4 Å². The first-order valence-corrected chi connectivity index (χ1v) is 10.1. The third-order valence-electron chi connectivity index (χ3n) is 5.72. The minimum absolute atomic E-state index is 0.0374. The van der Waals surface area contributed by atoms with Crippen LogP contribution in [-0.2, 0) is 11.0 Å². The van der Waals surface area contributed by atoms with Gasteiger partial charge in [0.2, 0.25) is 5.91 Å². The Morgan fingerprint density at radius 3 is 2.31 bits per heavy atom. The first kappa shape index (κ1) is 21.7. The molecule has 10 heteroatoms. The highest BCUT2D eigenvalue weighted by molar-refractivity contribution is 6.31. The van der Waals surface area contributed by atoms with E-state index in [9.17, 15) is 28.1 Å². The molecule has 1 N–H and O–H groups in total. The van der Waals surface area contributed by atoms with Gasteiger partial charge in [0.1, 0.15) is 5.69 Å². The quantitative estimate of drug-likeness (QED) is 0.539. The lowest BCUT2D eigenvalue weighted by Crippen LogP contribution is -2.46. The van der Waals surface area contributed by atoms with Crippen molar-refractivity contribution in [2.24, 2.45) is 5.92 Å². The maximum Gasteiger partial charge on any atom is 0.418 e. The van der Waals surface area contributed by atoms with Gasteiger partial charge >= 0.3 is 6.18 Å². The maximum absolute atomic E-state index is 13.0. The number of carbonyl (C=O) groups excluding carboxylic acids is 1. The van der Waals surface area contributed by atoms with Crippen LogP contribution in [0.15, 0.2) is 12.1 Å². The van der Waals surface area contributed by atoms with E-state index in [1.54, 1.807) is 4.90 Å². The molecule has 1 saturated carbocycles. The lowest BCUT2D eigenvalue weighted by Gasteiger charge is -2.34. The molecule has 0 aromatic heterocycles. The molecule has 0 unspecified atom stereocenters. The lowest BCUT2D eigenvalue weighted by atomic mass is 9.88. The monoisotopic (exact) mass is 433 g/mol. The van der Waals surface area contributed by atoms with Crippen LogP contribution in [0.5, 0.6) is 0 Å². The molecule has 1 heterocycles. The van der Waals surface area contributed by atoms with Gasteiger partial charge in [-0.1, -0.05) is 30.9 Å². The third kappa shape index (κ3) is 5.12. The molecular formula is C19H23ClF3N3O3. The van der Waals surface area contributed by atoms with E-state index in [2.05, 4.69) is 5.32 Å². The fraction of sp³-hybridized carbons (Fsp3) is 0.632. The average Bonchev–Trinajstić information content (AvgIpc) is 2.68. The molecule has 0 atom stereocenters. The first-order valence-electron chi connectivity index (χ1n) is 9.77. The average molecular weight is 434 g/mol. The highest BCUT2D eigenvalue weighted by Gasteiger charge is 2.37. The molecule has 1 aromatic carbocycles. The van der Waals surface area contributed by atoms with Crippen molar-refractivity contribution in [3.05, 3.63) is 32.8 Å². The molecular weight excluding hydrogens is 411 g/mol. The van der Waals surface area contributed by atoms with Crippen LogP contribution in [-0.4, -0.2) is 30.0 Å². The summed E-state index contributed by atoms with van der Waals surface area (Å²) in [5, 5.41) is 13.9. The van der Waals surface area contributed by atoms with Crippen molar-refractivity contribution >= 4 is 28.9 Å². The van der Waals surface area contributed by atoms with Gasteiger partial charge in [-0.05, 0) is 31.7 Å². The topological polar surface area (TPSA) is 75.5 Å². The Balaban J connectivity index is 1.68. The lowest BCUT2D eigenvalue weighted by molar-refractivity contribution is -0.384. The second-order valence-electron chi connectivity index (χ2n) is 7.68. The summed E-state index contributed by atoms with van der Waals surface area (Å²) in [6.45, 7) is 0.774. The van der Waals surface area contributed by atoms with E-state index in [4.69, 9.17) is 11.6 Å². The van der Waals surface area contributed by atoms with Crippen LogP contribution in [0.2, 0.25) is 5.02 Å². The van der Waals surface area contributed by atoms with E-state index in [0.717, 1.165) is 38.2 Å². The molecule has 1 aliphatic heterocycles. The summed E-state index contributed by atoms with van der Waals surface area (Å²) in [6.07, 6.45) is 1.46. The van der Waals surface area contributed by atoms with E-state index in [1.165, 1.54) is 0 Å². The highest BCUT2D eigenvalue weighted by Crippen LogP contribution is 2.42. The zero-order valence-electron chi connectivity index (χ0n) is 15.8. The minimum Gasteiger partial charge on any atom is -0.366 e. The number of amides is 1. The van der Waals surface area contributed by atoms with Crippen molar-refractivity contribution in [3.63, 3.8) is 0 Å². The van der Waals surface area contributed by atoms with Crippen molar-refractivity contribution in [2.45, 2.75) is 57.2 Å². The normalized spacial score (nSPS) is 19.2. The van der Waals surface area contributed by atoms with Crippen LogP contribution in [0, 0.1) is 16.0 Å². The minimum atomic E-state index is -4.77. The van der Waals surface area contributed by atoms with E-state index in [-0.39, 0.29) is 23.6 Å². The molecule has 160 valence electrons. The van der Waals surface area contributed by atoms with Crippen molar-refractivity contribution < 1.29 is 22.9 Å². The fourth-order valence-electron chi connectivity index (χ4n) is 4.12. The number of hydrogen-bond acceptors (Lipinski definition) is 4. The molecule has 0 bridgehead atoms. The van der Waals surface area contributed by atoms with Crippen LogP contribution >= 0.6 is 11.6 Å². The number of nitrogens with one attached hydrogen (secondary N) is 1. The second kappa shape index (κ2) is 8.77. The van der Waals surface area contributed by atoms with Crippen molar-refractivity contribution in [2.75, 3.05) is 18.0 Å². The van der Waals surface area contributed by atoms with Gasteiger partial charge in [0.05, 0.1) is 15.5 Å². The predicted octanol–water partition coefficient (Wildman–Crippen LogP) is 4.93. The first-order chi connectivity index (χ1) is 13.7. The van der Waals surface area contributed by atoms with Crippen LogP contribution in [0.1, 0.15) is 50.5 Å². The molecule has 0 radical (unpaired) electrons. The van der Waals surface area contributed by atoms with Crippen LogP contribution in [0.25, 0.3) is 0 Å². The van der Waals surface area contributed by atoms with E-state index in [1.807, 2.05) is 0 Å². The summed E-state index contributed by atoms with van der Waals surface area (Å²) in [6, 6.07) is 1.47. The number of nitro benzene ring substituents is 1. The zero-order valence-corrected chi connectivity index (χ0v) is 16.6. The molecule has 1 aromatic rings. The number of piperidine rings is 1. The summed E-state index contributed by atoms with van der Waals surface area (Å²) >= 11 is 5.77. The molecule has 6 nitrogen and oxygen atoms in total. The van der Waals surface area contributed by atoms with Gasteiger partial charge < -0.3 is 10.2 Å². The number of benzene rings is 1. The fourth-order valence-corrected chi connectivity index (χ4v) is 4.38. The Labute approximate surface area is 171 Å². The number of halogens is 4. The molecule has 2 aliphatic rings. The van der Waals surface area contributed by atoms with Crippen LogP contribution in [0.3, 0.4) is 0 Å². The third-order valence-corrected chi connectivity index (χ3v) is 6.04. The number of rotatable bonds is 4. The Morgan fingerprint density at radius 1 is 1.14 bits per heavy atom. The summed E-state index contributed by atoms with van der Waals surface area (Å²) in [7, 11) is 0. The Bertz CT molecular complexity index is 774. The largest absolute Gasteiger partial charge is 0.418 e. The van der Waals surface area contributed by atoms with Gasteiger partial charge in [0.15, 0.2) is 0 Å². The summed E-state index contributed by atoms with van der Waals surface area (Å²) < 4.78 is 39.1. The Hall–Kier alpha value is -2.03. The van der Waals surface area contributed by atoms with Crippen molar-refractivity contribution in [1.29, 1.82) is 0 Å². The van der Waals surface area contributed by atoms with Gasteiger partial charge in [-0.25, -0.2) is 0 Å². The van der Waals surface area contributed by atoms with E-state index >= 15 is 0 Å². The number of carbonyl (C=O) groups is 1. The van der Waals surface area contributed by atoms with Gasteiger partial charge in [-0.2, -0.15) is 13.2 Å². The maximum atomic E-state index is 13.0. The number of alkyl halides is 3. The van der Waals surface area contributed by atoms with Gasteiger partial charge in [0.25, 0.3) is 5.69 Å². The van der Waals surface area contributed by atoms with Crippen LogP contribution < -0.4 is 10.2 Å². The molecule has 1 saturated heterocycles. The second-order valence-corrected chi connectivity index (χ2v) is 8.09. The van der Waals surface area contributed by atoms with Crippen molar-refractivity contribution in [1.82, 2.24) is 5.32 Å². The Morgan fingerprint density at radius 2 is 1.76 bits per heavy atom. The van der Waals surface area contributed by atoms with Crippen molar-refractivity contribution in [3.8, 4) is 0 Å². The summed E-state index contributed by atoms with van der Waals surface area (Å²) in [5.74, 6) is 0.114. The smallest absolute Gasteiger partial charge is 0.366 e. The number of nitro groups is 1. The molecule has 1 amide bonds. The molecule has 3 rings (SSSR count). The van der Waals surface area contributed by atoms with Gasteiger partial charge in [0, 0.05) is 31.1 Å². The Kier molecular flexibility index (Phi) is 6.55. The molecule has 29 heavy (non-hydrogen) atoms. The summed E-state index contributed by atoms with van der Waals surface area (Å²) in [4.78, 5) is 24.6.